The van der Waals surface area contributed by atoms with Gasteiger partial charge in [-0.1, -0.05) is 24.6 Å². The third-order valence-electron chi connectivity index (χ3n) is 6.23. The number of piperazine rings is 1. The predicted molar refractivity (Wildman–Crippen MR) is 133 cm³/mol. The predicted octanol–water partition coefficient (Wildman–Crippen LogP) is 4.26. The Morgan fingerprint density at radius 2 is 2.00 bits per heavy atom. The number of anilines is 1. The summed E-state index contributed by atoms with van der Waals surface area (Å²) in [5.41, 5.74) is 0.976. The fraction of sp³-hybridized carbons (Fsp3) is 0.375. The molecule has 0 amide bonds. The lowest BCUT2D eigenvalue weighted by molar-refractivity contribution is 0.155. The molecule has 9 heteroatoms. The zero-order valence-electron chi connectivity index (χ0n) is 18.3. The summed E-state index contributed by atoms with van der Waals surface area (Å²) in [6.07, 6.45) is 0.980. The SMILES string of the molecule is CCC(CO)CN1CCN(c2ccc3cc(-c4nc5c(Cl)cccc5s4)c(=O)oc3n2)CC1. The molecule has 1 saturated heterocycles. The summed E-state index contributed by atoms with van der Waals surface area (Å²) in [6.45, 7) is 6.78. The molecule has 3 aromatic heterocycles. The van der Waals surface area contributed by atoms with Gasteiger partial charge in [0.15, 0.2) is 0 Å². The molecule has 0 saturated carbocycles. The van der Waals surface area contributed by atoms with Crippen molar-refractivity contribution in [3.8, 4) is 10.6 Å². The smallest absolute Gasteiger partial charge is 0.347 e. The zero-order valence-corrected chi connectivity index (χ0v) is 19.9. The van der Waals surface area contributed by atoms with E-state index in [9.17, 15) is 9.90 Å². The third kappa shape index (κ3) is 4.48. The van der Waals surface area contributed by atoms with E-state index >= 15 is 0 Å². The molecule has 0 aliphatic carbocycles. The molecule has 1 atom stereocenters. The van der Waals surface area contributed by atoms with Gasteiger partial charge in [-0.2, -0.15) is 4.98 Å². The fourth-order valence-electron chi connectivity index (χ4n) is 4.19. The largest absolute Gasteiger partial charge is 0.403 e. The van der Waals surface area contributed by atoms with Crippen LogP contribution in [-0.2, 0) is 0 Å². The first kappa shape index (κ1) is 22.3. The second-order valence-corrected chi connectivity index (χ2v) is 9.80. The summed E-state index contributed by atoms with van der Waals surface area (Å²) in [4.78, 5) is 26.6. The van der Waals surface area contributed by atoms with Crippen LogP contribution >= 0.6 is 22.9 Å². The summed E-state index contributed by atoms with van der Waals surface area (Å²) in [7, 11) is 0. The van der Waals surface area contributed by atoms with Crippen LogP contribution in [-0.4, -0.2) is 59.3 Å². The van der Waals surface area contributed by atoms with Crippen molar-refractivity contribution in [3.05, 3.63) is 51.8 Å². The molecule has 1 aliphatic rings. The fourth-order valence-corrected chi connectivity index (χ4v) is 5.46. The number of thiazole rings is 1. The topological polar surface area (TPSA) is 82.7 Å². The number of aromatic nitrogens is 2. The van der Waals surface area contributed by atoms with Gasteiger partial charge >= 0.3 is 5.63 Å². The Morgan fingerprint density at radius 3 is 2.73 bits per heavy atom. The minimum Gasteiger partial charge on any atom is -0.403 e. The molecule has 7 nitrogen and oxygen atoms in total. The Labute approximate surface area is 200 Å². The molecule has 1 N–H and O–H groups in total. The van der Waals surface area contributed by atoms with E-state index in [-0.39, 0.29) is 6.61 Å². The summed E-state index contributed by atoms with van der Waals surface area (Å²) in [5.74, 6) is 1.13. The number of para-hydroxylation sites is 1. The number of halogens is 1. The standard InChI is InChI=1S/C24H25ClN4O3S/c1-2-15(14-30)13-28-8-10-29(11-9-28)20-7-6-16-12-17(24(31)32-22(16)26-20)23-27-21-18(25)4-3-5-19(21)33-23/h3-7,12,15,30H,2,8-11,13-14H2,1H3. The van der Waals surface area contributed by atoms with Crippen molar-refractivity contribution in [1.82, 2.24) is 14.9 Å². The molecule has 1 aliphatic heterocycles. The number of nitrogens with zero attached hydrogens (tertiary/aromatic N) is 4. The molecule has 5 rings (SSSR count). The number of rotatable bonds is 6. The number of aliphatic hydroxyl groups excluding tert-OH is 1. The molecule has 1 unspecified atom stereocenters. The Balaban J connectivity index is 1.37. The van der Waals surface area contributed by atoms with Gasteiger partial charge in [-0.25, -0.2) is 9.78 Å². The Hall–Kier alpha value is -2.52. The van der Waals surface area contributed by atoms with E-state index in [1.165, 1.54) is 11.3 Å². The van der Waals surface area contributed by atoms with Crippen LogP contribution in [0, 0.1) is 5.92 Å². The van der Waals surface area contributed by atoms with Crippen LogP contribution in [0.15, 0.2) is 45.6 Å². The van der Waals surface area contributed by atoms with Gasteiger partial charge in [0.1, 0.15) is 16.3 Å². The van der Waals surface area contributed by atoms with Crippen LogP contribution in [0.25, 0.3) is 31.9 Å². The number of aliphatic hydroxyl groups is 1. The molecule has 0 bridgehead atoms. The second kappa shape index (κ2) is 9.38. The maximum absolute atomic E-state index is 12.8. The summed E-state index contributed by atoms with van der Waals surface area (Å²) >= 11 is 7.66. The van der Waals surface area contributed by atoms with Crippen LogP contribution in [0.1, 0.15) is 13.3 Å². The Morgan fingerprint density at radius 1 is 1.18 bits per heavy atom. The van der Waals surface area contributed by atoms with Crippen LogP contribution in [0.4, 0.5) is 5.82 Å². The number of pyridine rings is 1. The van der Waals surface area contributed by atoms with E-state index in [2.05, 4.69) is 26.7 Å². The quantitative estimate of drug-likeness (QED) is 0.438. The zero-order chi connectivity index (χ0) is 22.9. The van der Waals surface area contributed by atoms with Crippen LogP contribution in [0.3, 0.4) is 0 Å². The summed E-state index contributed by atoms with van der Waals surface area (Å²) in [5, 5.41) is 11.4. The molecule has 4 heterocycles. The molecule has 0 radical (unpaired) electrons. The second-order valence-electron chi connectivity index (χ2n) is 8.36. The van der Waals surface area contributed by atoms with E-state index in [4.69, 9.17) is 16.0 Å². The lowest BCUT2D eigenvalue weighted by atomic mass is 10.1. The first-order valence-corrected chi connectivity index (χ1v) is 12.3. The third-order valence-corrected chi connectivity index (χ3v) is 7.59. The maximum atomic E-state index is 12.8. The van der Waals surface area contributed by atoms with Crippen molar-refractivity contribution in [2.45, 2.75) is 13.3 Å². The normalized spacial score (nSPS) is 16.0. The minimum absolute atomic E-state index is 0.230. The monoisotopic (exact) mass is 484 g/mol. The molecular weight excluding hydrogens is 460 g/mol. The highest BCUT2D eigenvalue weighted by Crippen LogP contribution is 2.33. The van der Waals surface area contributed by atoms with E-state index in [0.29, 0.717) is 32.7 Å². The van der Waals surface area contributed by atoms with Gasteiger partial charge in [0.25, 0.3) is 0 Å². The van der Waals surface area contributed by atoms with Crippen LogP contribution in [0.5, 0.6) is 0 Å². The lowest BCUT2D eigenvalue weighted by Crippen LogP contribution is -2.48. The number of fused-ring (bicyclic) bond motifs is 2. The molecule has 4 aromatic rings. The first-order chi connectivity index (χ1) is 16.1. The minimum atomic E-state index is -0.457. The Bertz CT molecular complexity index is 1340. The molecule has 172 valence electrons. The highest BCUT2D eigenvalue weighted by Gasteiger charge is 2.21. The highest BCUT2D eigenvalue weighted by molar-refractivity contribution is 7.21. The van der Waals surface area contributed by atoms with Crippen molar-refractivity contribution in [1.29, 1.82) is 0 Å². The Kier molecular flexibility index (Phi) is 6.34. The van der Waals surface area contributed by atoms with Crippen molar-refractivity contribution in [2.75, 3.05) is 44.2 Å². The highest BCUT2D eigenvalue weighted by atomic mass is 35.5. The van der Waals surface area contributed by atoms with Gasteiger partial charge in [-0.15, -0.1) is 11.3 Å². The van der Waals surface area contributed by atoms with E-state index in [1.54, 1.807) is 12.1 Å². The molecule has 1 fully saturated rings. The molecule has 1 aromatic carbocycles. The van der Waals surface area contributed by atoms with Crippen LogP contribution < -0.4 is 10.5 Å². The van der Waals surface area contributed by atoms with Gasteiger partial charge in [0, 0.05) is 44.7 Å². The van der Waals surface area contributed by atoms with E-state index in [0.717, 1.165) is 55.0 Å². The van der Waals surface area contributed by atoms with Gasteiger partial charge in [0.05, 0.1) is 15.3 Å². The molecule has 0 spiro atoms. The average molecular weight is 485 g/mol. The van der Waals surface area contributed by atoms with Gasteiger partial charge in [-0.3, -0.25) is 4.90 Å². The summed E-state index contributed by atoms with van der Waals surface area (Å²) < 4.78 is 6.53. The number of hydrogen-bond acceptors (Lipinski definition) is 8. The maximum Gasteiger partial charge on any atom is 0.347 e. The van der Waals surface area contributed by atoms with Crippen molar-refractivity contribution < 1.29 is 9.52 Å². The van der Waals surface area contributed by atoms with E-state index < -0.39 is 5.63 Å². The average Bonchev–Trinajstić information content (AvgIpc) is 3.27. The van der Waals surface area contributed by atoms with Crippen molar-refractivity contribution >= 4 is 50.1 Å². The van der Waals surface area contributed by atoms with Crippen molar-refractivity contribution in [3.63, 3.8) is 0 Å². The lowest BCUT2D eigenvalue weighted by Gasteiger charge is -2.36. The number of hydrogen-bond donors (Lipinski definition) is 1. The molecule has 33 heavy (non-hydrogen) atoms. The van der Waals surface area contributed by atoms with Crippen LogP contribution in [0.2, 0.25) is 5.02 Å². The van der Waals surface area contributed by atoms with Gasteiger partial charge < -0.3 is 14.4 Å². The first-order valence-electron chi connectivity index (χ1n) is 11.1. The molecular formula is C24H25ClN4O3S. The van der Waals surface area contributed by atoms with Gasteiger partial charge in [0.2, 0.25) is 5.71 Å². The van der Waals surface area contributed by atoms with Gasteiger partial charge in [-0.05, 0) is 42.7 Å². The summed E-state index contributed by atoms with van der Waals surface area (Å²) in [6, 6.07) is 11.3. The van der Waals surface area contributed by atoms with Crippen molar-refractivity contribution in [2.24, 2.45) is 5.92 Å². The number of benzene rings is 1. The van der Waals surface area contributed by atoms with E-state index in [1.807, 2.05) is 24.3 Å².